The first-order valence-corrected chi connectivity index (χ1v) is 18.6. The number of rotatable bonds is 13. The average molecular weight is 686 g/mol. The van der Waals surface area contributed by atoms with E-state index in [1.54, 1.807) is 12.1 Å². The third-order valence-electron chi connectivity index (χ3n) is 9.08. The molecule has 2 aromatic rings. The van der Waals surface area contributed by atoms with Crippen LogP contribution in [-0.2, 0) is 35.9 Å². The van der Waals surface area contributed by atoms with Gasteiger partial charge in [-0.1, -0.05) is 18.2 Å². The van der Waals surface area contributed by atoms with Gasteiger partial charge in [-0.3, -0.25) is 13.9 Å². The van der Waals surface area contributed by atoms with Gasteiger partial charge in [-0.05, 0) is 89.4 Å². The van der Waals surface area contributed by atoms with E-state index in [0.29, 0.717) is 39.0 Å². The molecule has 2 aromatic carbocycles. The molecule has 0 unspecified atom stereocenters. The molecule has 1 atom stereocenters. The lowest BCUT2D eigenvalue weighted by Crippen LogP contribution is -2.31. The number of fused-ring (bicyclic) bond motifs is 2. The number of nitrogens with zero attached hydrogens (tertiary/aromatic N) is 2. The highest BCUT2D eigenvalue weighted by molar-refractivity contribution is 7.86. The fourth-order valence-electron chi connectivity index (χ4n) is 6.72. The summed E-state index contributed by atoms with van der Waals surface area (Å²) in [6, 6.07) is 9.30. The highest BCUT2D eigenvalue weighted by Gasteiger charge is 2.45. The molecule has 0 aliphatic carbocycles. The van der Waals surface area contributed by atoms with Crippen LogP contribution in [0.25, 0.3) is 0 Å². The number of carbonyl (C=O) groups is 1. The Bertz CT molecular complexity index is 1890. The summed E-state index contributed by atoms with van der Waals surface area (Å²) in [5, 5.41) is 2.79. The van der Waals surface area contributed by atoms with Crippen LogP contribution in [0.4, 0.5) is 11.4 Å². The van der Waals surface area contributed by atoms with Gasteiger partial charge in [-0.15, -0.1) is 0 Å². The fourth-order valence-corrected chi connectivity index (χ4v) is 7.73. The predicted molar refractivity (Wildman–Crippen MR) is 184 cm³/mol. The van der Waals surface area contributed by atoms with E-state index in [1.165, 1.54) is 24.3 Å². The lowest BCUT2D eigenvalue weighted by molar-refractivity contribution is -0.433. The van der Waals surface area contributed by atoms with Crippen LogP contribution in [0.1, 0.15) is 65.0 Å². The van der Waals surface area contributed by atoms with Crippen molar-refractivity contribution in [1.29, 1.82) is 0 Å². The summed E-state index contributed by atoms with van der Waals surface area (Å²) in [4.78, 5) is 14.1. The number of nitrogens with two attached hydrogens (primary N) is 1. The van der Waals surface area contributed by atoms with E-state index in [1.807, 2.05) is 55.7 Å². The molecule has 0 saturated carbocycles. The molecule has 1 amide bonds. The van der Waals surface area contributed by atoms with Crippen molar-refractivity contribution in [2.45, 2.75) is 74.5 Å². The first-order valence-electron chi connectivity index (χ1n) is 15.7. The zero-order valence-electron chi connectivity index (χ0n) is 27.5. The van der Waals surface area contributed by atoms with Crippen LogP contribution >= 0.6 is 0 Å². The molecule has 0 aromatic heterocycles. The Morgan fingerprint density at radius 3 is 2.23 bits per heavy atom. The van der Waals surface area contributed by atoms with Crippen molar-refractivity contribution in [2.24, 2.45) is 5.73 Å². The van der Waals surface area contributed by atoms with Crippen LogP contribution in [0.5, 0.6) is 0 Å². The van der Waals surface area contributed by atoms with Gasteiger partial charge in [-0.2, -0.15) is 21.4 Å². The second-order valence-electron chi connectivity index (χ2n) is 12.4. The molecule has 0 saturated heterocycles. The summed E-state index contributed by atoms with van der Waals surface area (Å²) in [6.45, 7) is 12.1. The summed E-state index contributed by atoms with van der Waals surface area (Å²) < 4.78 is 69.2. The number of hydrogen-bond acceptors (Lipinski definition) is 7. The van der Waals surface area contributed by atoms with Crippen molar-refractivity contribution in [3.8, 4) is 0 Å². The van der Waals surface area contributed by atoms with E-state index in [0.717, 1.165) is 33.9 Å². The van der Waals surface area contributed by atoms with Crippen molar-refractivity contribution >= 4 is 43.2 Å². The van der Waals surface area contributed by atoms with Gasteiger partial charge in [0.05, 0.1) is 10.3 Å². The third kappa shape index (κ3) is 7.29. The molecule has 0 bridgehead atoms. The van der Waals surface area contributed by atoms with Crippen molar-refractivity contribution in [2.75, 3.05) is 31.1 Å². The minimum absolute atomic E-state index is 0.100. The van der Waals surface area contributed by atoms with Crippen molar-refractivity contribution in [1.82, 2.24) is 5.32 Å². The van der Waals surface area contributed by atoms with Gasteiger partial charge in [0.25, 0.3) is 20.2 Å². The van der Waals surface area contributed by atoms with Gasteiger partial charge in [-0.25, -0.2) is 0 Å². The average Bonchev–Trinajstić information content (AvgIpc) is 3.37. The Morgan fingerprint density at radius 1 is 0.957 bits per heavy atom. The van der Waals surface area contributed by atoms with Crippen LogP contribution in [0.2, 0.25) is 0 Å². The van der Waals surface area contributed by atoms with Gasteiger partial charge in [0, 0.05) is 60.6 Å². The molecule has 13 heteroatoms. The van der Waals surface area contributed by atoms with Gasteiger partial charge in [0.2, 0.25) is 11.6 Å². The summed E-state index contributed by atoms with van der Waals surface area (Å²) in [5.41, 5.74) is 9.63. The molecule has 0 radical (unpaired) electrons. The number of hydrogen-bond donors (Lipinski definition) is 4. The Balaban J connectivity index is 1.69. The molecule has 5 N–H and O–H groups in total. The molecule has 2 aliphatic rings. The molecule has 47 heavy (non-hydrogen) atoms. The van der Waals surface area contributed by atoms with Crippen LogP contribution in [0, 0.1) is 0 Å². The maximum Gasteiger partial charge on any atom is 0.294 e. The number of anilines is 1. The predicted octanol–water partition coefficient (Wildman–Crippen LogP) is 4.62. The van der Waals surface area contributed by atoms with E-state index >= 15 is 0 Å². The van der Waals surface area contributed by atoms with E-state index < -0.39 is 31.1 Å². The third-order valence-corrected chi connectivity index (χ3v) is 10.8. The number of benzene rings is 2. The van der Waals surface area contributed by atoms with Crippen LogP contribution in [-0.4, -0.2) is 68.3 Å². The van der Waals surface area contributed by atoms with Gasteiger partial charge >= 0.3 is 0 Å². The molecule has 254 valence electrons. The number of carbonyl (C=O) groups excluding carboxylic acids is 1. The zero-order chi connectivity index (χ0) is 34.8. The van der Waals surface area contributed by atoms with E-state index in [4.69, 9.17) is 5.73 Å². The Labute approximate surface area is 278 Å². The first-order chi connectivity index (χ1) is 22.0. The quantitative estimate of drug-likeness (QED) is 0.134. The molecule has 0 spiro atoms. The maximum atomic E-state index is 12.3. The second kappa shape index (κ2) is 13.9. The second-order valence-corrected chi connectivity index (χ2v) is 15.3. The smallest absolute Gasteiger partial charge is 0.294 e. The summed E-state index contributed by atoms with van der Waals surface area (Å²) in [6.07, 6.45) is 11.1. The molecular formula is C34H45N4O7S2+. The van der Waals surface area contributed by atoms with Crippen molar-refractivity contribution < 1.29 is 35.3 Å². The summed E-state index contributed by atoms with van der Waals surface area (Å²) in [7, 11) is -8.77. The van der Waals surface area contributed by atoms with E-state index in [2.05, 4.69) is 24.1 Å². The molecular weight excluding hydrogens is 641 g/mol. The van der Waals surface area contributed by atoms with Gasteiger partial charge < -0.3 is 16.0 Å². The normalized spacial score (nSPS) is 20.1. The highest BCUT2D eigenvalue weighted by Crippen LogP contribution is 2.51. The van der Waals surface area contributed by atoms with Crippen molar-refractivity contribution in [3.63, 3.8) is 0 Å². The largest absolute Gasteiger partial charge is 0.355 e. The van der Waals surface area contributed by atoms with Crippen LogP contribution in [0.15, 0.2) is 82.3 Å². The van der Waals surface area contributed by atoms with E-state index in [-0.39, 0.29) is 22.1 Å². The lowest BCUT2D eigenvalue weighted by atomic mass is 9.77. The molecule has 0 fully saturated rings. The topological polar surface area (TPSA) is 170 Å². The Hall–Kier alpha value is -3.62. The fraction of sp³-hybridized carbons (Fsp3) is 0.412. The van der Waals surface area contributed by atoms with Gasteiger partial charge in [0.1, 0.15) is 11.4 Å². The Kier molecular flexibility index (Phi) is 10.7. The monoisotopic (exact) mass is 685 g/mol. The van der Waals surface area contributed by atoms with Crippen molar-refractivity contribution in [3.05, 3.63) is 83.6 Å². The highest BCUT2D eigenvalue weighted by atomic mass is 32.2. The molecule has 4 rings (SSSR count). The molecule has 2 heterocycles. The minimum Gasteiger partial charge on any atom is -0.355 e. The number of allylic oxidation sites excluding steroid dienone is 6. The SMILES string of the molecule is CCN1C(=CC=CC=CC2=[N+](CC)c3cc(S(=O)(=O)O)ccc3C2(C)C)[C@@](C)(CCCC(=O)NCCN)c2cc(S(=O)(=O)O)ccc21. The lowest BCUT2D eigenvalue weighted by Gasteiger charge is -2.30. The van der Waals surface area contributed by atoms with Crippen LogP contribution < -0.4 is 16.0 Å². The molecule has 2 aliphatic heterocycles. The number of amides is 1. The van der Waals surface area contributed by atoms with Crippen LogP contribution in [0.3, 0.4) is 0 Å². The zero-order valence-corrected chi connectivity index (χ0v) is 29.2. The first kappa shape index (κ1) is 36.2. The number of nitrogens with one attached hydrogen (secondary N) is 1. The van der Waals surface area contributed by atoms with Gasteiger partial charge in [0.15, 0.2) is 5.71 Å². The summed E-state index contributed by atoms with van der Waals surface area (Å²) >= 11 is 0. The summed E-state index contributed by atoms with van der Waals surface area (Å²) in [5.74, 6) is -0.100. The minimum atomic E-state index is -4.42. The standard InChI is InChI=1S/C34H44N4O7S2/c1-6-37-28-18-16-24(46(40,41)42)22-27(28)34(5,19-11-14-32(39)36-21-20-35)31(37)13-10-8-9-12-30-33(3,4)26-17-15-25(47(43,44)45)23-29(26)38(30)7-2/h8-10,12-13,15-18,22-23H,6-7,11,14,19-21,35H2,1-5H3,(H2-,36,39,40,41,42,43,44,45)/p+1/t34-/m0/s1. The van der Waals surface area contributed by atoms with E-state index in [9.17, 15) is 30.7 Å². The maximum absolute atomic E-state index is 12.3. The Morgan fingerprint density at radius 2 is 1.62 bits per heavy atom. The number of likely N-dealkylation sites (N-methyl/N-ethyl adjacent to an activating group) is 1. The molecule has 11 nitrogen and oxygen atoms in total.